The Morgan fingerprint density at radius 3 is 2.89 bits per heavy atom. The number of hydrogen-bond acceptors (Lipinski definition) is 5. The molecule has 18 heavy (non-hydrogen) atoms. The maximum absolute atomic E-state index is 11.1. The quantitative estimate of drug-likeness (QED) is 0.640. The topological polar surface area (TPSA) is 73.6 Å². The highest BCUT2D eigenvalue weighted by Crippen LogP contribution is 2.42. The van der Waals surface area contributed by atoms with E-state index in [0.29, 0.717) is 19.0 Å². The Bertz CT molecular complexity index is 483. The summed E-state index contributed by atoms with van der Waals surface area (Å²) in [6.07, 6.45) is 2.09. The van der Waals surface area contributed by atoms with Gasteiger partial charge in [0.15, 0.2) is 5.75 Å². The van der Waals surface area contributed by atoms with Crippen LogP contribution in [0.25, 0.3) is 0 Å². The maximum atomic E-state index is 11.1. The number of ether oxygens (including phenoxy) is 2. The van der Waals surface area contributed by atoms with Crippen molar-refractivity contribution in [2.45, 2.75) is 18.9 Å². The Morgan fingerprint density at radius 1 is 1.33 bits per heavy atom. The van der Waals surface area contributed by atoms with Gasteiger partial charge in [0.25, 0.3) is 0 Å². The molecule has 0 aliphatic carbocycles. The van der Waals surface area contributed by atoms with Gasteiger partial charge in [-0.2, -0.15) is 0 Å². The first-order valence-electron chi connectivity index (χ1n) is 6.07. The van der Waals surface area contributed by atoms with Gasteiger partial charge in [-0.05, 0) is 31.0 Å². The van der Waals surface area contributed by atoms with Crippen molar-refractivity contribution in [1.29, 1.82) is 0 Å². The minimum Gasteiger partial charge on any atom is -0.486 e. The normalized spacial score (nSPS) is 21.9. The Morgan fingerprint density at radius 2 is 2.17 bits per heavy atom. The first-order valence-corrected chi connectivity index (χ1v) is 6.07. The van der Waals surface area contributed by atoms with Crippen molar-refractivity contribution >= 4 is 5.69 Å². The largest absolute Gasteiger partial charge is 0.486 e. The van der Waals surface area contributed by atoms with Gasteiger partial charge in [0.1, 0.15) is 13.2 Å². The summed E-state index contributed by atoms with van der Waals surface area (Å²) in [5.41, 5.74) is 0.902. The minimum absolute atomic E-state index is 0.00380. The van der Waals surface area contributed by atoms with E-state index in [1.807, 2.05) is 6.07 Å². The van der Waals surface area contributed by atoms with Crippen molar-refractivity contribution in [2.75, 3.05) is 19.8 Å². The molecule has 0 spiro atoms. The van der Waals surface area contributed by atoms with Gasteiger partial charge in [-0.15, -0.1) is 0 Å². The molecule has 2 aliphatic rings. The Balaban J connectivity index is 2.05. The molecular weight excluding hydrogens is 236 g/mol. The van der Waals surface area contributed by atoms with Gasteiger partial charge in [-0.3, -0.25) is 10.1 Å². The average molecular weight is 250 g/mol. The second-order valence-corrected chi connectivity index (χ2v) is 4.47. The summed E-state index contributed by atoms with van der Waals surface area (Å²) < 4.78 is 10.8. The summed E-state index contributed by atoms with van der Waals surface area (Å²) in [7, 11) is 0. The Kier molecular flexibility index (Phi) is 2.79. The van der Waals surface area contributed by atoms with Gasteiger partial charge in [0, 0.05) is 12.1 Å². The van der Waals surface area contributed by atoms with Crippen LogP contribution in [0.5, 0.6) is 11.5 Å². The first-order chi connectivity index (χ1) is 8.75. The number of fused-ring (bicyclic) bond motifs is 1. The number of nitro benzene ring substituents is 1. The number of benzene rings is 1. The number of nitrogens with one attached hydrogen (secondary N) is 1. The van der Waals surface area contributed by atoms with Gasteiger partial charge in [0.05, 0.1) is 4.92 Å². The molecule has 6 nitrogen and oxygen atoms in total. The predicted molar refractivity (Wildman–Crippen MR) is 64.1 cm³/mol. The lowest BCUT2D eigenvalue weighted by Crippen LogP contribution is -2.18. The third-order valence-corrected chi connectivity index (χ3v) is 3.30. The van der Waals surface area contributed by atoms with Crippen LogP contribution in [-0.2, 0) is 0 Å². The zero-order valence-electron chi connectivity index (χ0n) is 9.85. The van der Waals surface area contributed by atoms with E-state index in [0.717, 1.165) is 24.9 Å². The molecule has 0 aromatic heterocycles. The van der Waals surface area contributed by atoms with Gasteiger partial charge >= 0.3 is 5.69 Å². The standard InChI is InChI=1S/C12H14N2O4/c15-14(16)10-6-8(9-2-1-3-13-9)7-11-12(10)18-5-4-17-11/h6-7,9,13H,1-5H2. The van der Waals surface area contributed by atoms with Gasteiger partial charge in [0.2, 0.25) is 5.75 Å². The van der Waals surface area contributed by atoms with E-state index in [1.54, 1.807) is 6.07 Å². The second-order valence-electron chi connectivity index (χ2n) is 4.47. The monoisotopic (exact) mass is 250 g/mol. The molecule has 0 amide bonds. The molecule has 1 aromatic rings. The molecule has 0 bridgehead atoms. The van der Waals surface area contributed by atoms with E-state index >= 15 is 0 Å². The lowest BCUT2D eigenvalue weighted by atomic mass is 10.0. The lowest BCUT2D eigenvalue weighted by molar-refractivity contribution is -0.386. The van der Waals surface area contributed by atoms with E-state index in [9.17, 15) is 10.1 Å². The molecule has 1 unspecified atom stereocenters. The number of nitrogens with zero attached hydrogens (tertiary/aromatic N) is 1. The van der Waals surface area contributed by atoms with Crippen LogP contribution < -0.4 is 14.8 Å². The zero-order chi connectivity index (χ0) is 12.5. The van der Waals surface area contributed by atoms with E-state index in [-0.39, 0.29) is 17.5 Å². The molecule has 1 atom stereocenters. The van der Waals surface area contributed by atoms with E-state index in [4.69, 9.17) is 9.47 Å². The van der Waals surface area contributed by atoms with Crippen LogP contribution in [-0.4, -0.2) is 24.7 Å². The third-order valence-electron chi connectivity index (χ3n) is 3.30. The molecule has 6 heteroatoms. The van der Waals surface area contributed by atoms with Crippen LogP contribution in [0.2, 0.25) is 0 Å². The minimum atomic E-state index is -0.411. The van der Waals surface area contributed by atoms with Crippen molar-refractivity contribution in [3.8, 4) is 11.5 Å². The summed E-state index contributed by atoms with van der Waals surface area (Å²) in [5, 5.41) is 14.4. The fourth-order valence-electron chi connectivity index (χ4n) is 2.46. The molecule has 96 valence electrons. The second kappa shape index (κ2) is 4.45. The van der Waals surface area contributed by atoms with E-state index < -0.39 is 4.92 Å². The molecule has 1 fully saturated rings. The number of hydrogen-bond donors (Lipinski definition) is 1. The van der Waals surface area contributed by atoms with Crippen molar-refractivity contribution in [3.05, 3.63) is 27.8 Å². The van der Waals surface area contributed by atoms with E-state index in [2.05, 4.69) is 5.32 Å². The van der Waals surface area contributed by atoms with Gasteiger partial charge in [-0.25, -0.2) is 0 Å². The molecule has 0 radical (unpaired) electrons. The van der Waals surface area contributed by atoms with Crippen molar-refractivity contribution in [2.24, 2.45) is 0 Å². The fourth-order valence-corrected chi connectivity index (χ4v) is 2.46. The first kappa shape index (κ1) is 11.3. The van der Waals surface area contributed by atoms with Gasteiger partial charge < -0.3 is 14.8 Å². The zero-order valence-corrected chi connectivity index (χ0v) is 9.85. The third kappa shape index (κ3) is 1.88. The van der Waals surface area contributed by atoms with Crippen molar-refractivity contribution in [1.82, 2.24) is 5.32 Å². The molecule has 1 N–H and O–H groups in total. The van der Waals surface area contributed by atoms with Gasteiger partial charge in [-0.1, -0.05) is 0 Å². The highest BCUT2D eigenvalue weighted by molar-refractivity contribution is 5.59. The van der Waals surface area contributed by atoms with Crippen LogP contribution >= 0.6 is 0 Å². The Hall–Kier alpha value is -1.82. The molecule has 1 saturated heterocycles. The van der Waals surface area contributed by atoms with Crippen molar-refractivity contribution in [3.63, 3.8) is 0 Å². The highest BCUT2D eigenvalue weighted by atomic mass is 16.6. The van der Waals surface area contributed by atoms with E-state index in [1.165, 1.54) is 0 Å². The smallest absolute Gasteiger partial charge is 0.315 e. The SMILES string of the molecule is O=[N+]([O-])c1cc(C2CCCN2)cc2c1OCCO2. The maximum Gasteiger partial charge on any atom is 0.315 e. The number of nitro groups is 1. The Labute approximate surface area is 104 Å². The fraction of sp³-hybridized carbons (Fsp3) is 0.500. The summed E-state index contributed by atoms with van der Waals surface area (Å²) in [6, 6.07) is 3.63. The summed E-state index contributed by atoms with van der Waals surface area (Å²) in [6.45, 7) is 1.74. The molecule has 1 aromatic carbocycles. The van der Waals surface area contributed by atoms with Crippen LogP contribution in [0, 0.1) is 10.1 Å². The average Bonchev–Trinajstić information content (AvgIpc) is 2.91. The van der Waals surface area contributed by atoms with Crippen LogP contribution in [0.15, 0.2) is 12.1 Å². The summed E-state index contributed by atoms with van der Waals surface area (Å²) in [4.78, 5) is 10.7. The van der Waals surface area contributed by atoms with Crippen molar-refractivity contribution < 1.29 is 14.4 Å². The molecule has 3 rings (SSSR count). The molecule has 2 aliphatic heterocycles. The highest BCUT2D eigenvalue weighted by Gasteiger charge is 2.28. The summed E-state index contributed by atoms with van der Waals surface area (Å²) in [5.74, 6) is 0.743. The lowest BCUT2D eigenvalue weighted by Gasteiger charge is -2.20. The van der Waals surface area contributed by atoms with Crippen LogP contribution in [0.1, 0.15) is 24.4 Å². The molecule has 0 saturated carbocycles. The summed E-state index contributed by atoms with van der Waals surface area (Å²) >= 11 is 0. The number of rotatable bonds is 2. The van der Waals surface area contributed by atoms with Crippen LogP contribution in [0.4, 0.5) is 5.69 Å². The molecule has 2 heterocycles. The molecular formula is C12H14N2O4. The van der Waals surface area contributed by atoms with Crippen LogP contribution in [0.3, 0.4) is 0 Å². The predicted octanol–water partition coefficient (Wildman–Crippen LogP) is 1.79.